The first kappa shape index (κ1) is 12.9. The molecule has 0 saturated carbocycles. The second-order valence-corrected chi connectivity index (χ2v) is 5.00. The van der Waals surface area contributed by atoms with Crippen molar-refractivity contribution in [3.05, 3.63) is 23.8 Å². The molecule has 0 aliphatic rings. The summed E-state index contributed by atoms with van der Waals surface area (Å²) >= 11 is 0. The Bertz CT molecular complexity index is 474. The van der Waals surface area contributed by atoms with Crippen LogP contribution in [-0.4, -0.2) is 21.4 Å². The Balaban J connectivity index is 3.02. The van der Waals surface area contributed by atoms with Crippen LogP contribution in [0.3, 0.4) is 0 Å². The van der Waals surface area contributed by atoms with E-state index in [0.717, 1.165) is 0 Å². The SMILES string of the molecule is Cc1ccc(N)cc1S(=O)(=O)NCC(F)F. The van der Waals surface area contributed by atoms with E-state index >= 15 is 0 Å². The third-order valence-electron chi connectivity index (χ3n) is 1.93. The smallest absolute Gasteiger partial charge is 0.251 e. The quantitative estimate of drug-likeness (QED) is 0.786. The van der Waals surface area contributed by atoms with E-state index in [0.29, 0.717) is 5.56 Å². The van der Waals surface area contributed by atoms with Gasteiger partial charge in [-0.1, -0.05) is 6.07 Å². The number of benzene rings is 1. The number of sulfonamides is 1. The van der Waals surface area contributed by atoms with Gasteiger partial charge in [-0.3, -0.25) is 0 Å². The van der Waals surface area contributed by atoms with Gasteiger partial charge in [-0.15, -0.1) is 0 Å². The predicted octanol–water partition coefficient (Wildman–Crippen LogP) is 1.12. The lowest BCUT2D eigenvalue weighted by atomic mass is 10.2. The number of rotatable bonds is 4. The first-order valence-electron chi connectivity index (χ1n) is 4.47. The molecule has 0 heterocycles. The zero-order valence-electron chi connectivity index (χ0n) is 8.57. The zero-order valence-corrected chi connectivity index (χ0v) is 9.39. The average molecular weight is 250 g/mol. The van der Waals surface area contributed by atoms with Gasteiger partial charge in [-0.05, 0) is 24.6 Å². The fourth-order valence-corrected chi connectivity index (χ4v) is 2.44. The summed E-state index contributed by atoms with van der Waals surface area (Å²) in [7, 11) is -3.92. The summed E-state index contributed by atoms with van der Waals surface area (Å²) in [6.45, 7) is 0.660. The normalized spacial score (nSPS) is 12.0. The van der Waals surface area contributed by atoms with Crippen LogP contribution in [0, 0.1) is 6.92 Å². The molecule has 0 aliphatic carbocycles. The van der Waals surface area contributed by atoms with E-state index in [-0.39, 0.29) is 10.6 Å². The van der Waals surface area contributed by atoms with Crippen LogP contribution in [0.25, 0.3) is 0 Å². The highest BCUT2D eigenvalue weighted by Crippen LogP contribution is 2.18. The Morgan fingerprint density at radius 1 is 1.44 bits per heavy atom. The van der Waals surface area contributed by atoms with Crippen molar-refractivity contribution in [1.82, 2.24) is 4.72 Å². The summed E-state index contributed by atoms with van der Waals surface area (Å²) < 4.78 is 48.8. The molecular weight excluding hydrogens is 238 g/mol. The highest BCUT2D eigenvalue weighted by Gasteiger charge is 2.18. The van der Waals surface area contributed by atoms with E-state index < -0.39 is 23.0 Å². The standard InChI is InChI=1S/C9H12F2N2O2S/c1-6-2-3-7(12)4-8(6)16(14,15)13-5-9(10)11/h2-4,9,13H,5,12H2,1H3. The Labute approximate surface area is 92.5 Å². The molecule has 16 heavy (non-hydrogen) atoms. The lowest BCUT2D eigenvalue weighted by Crippen LogP contribution is -2.29. The number of hydrogen-bond donors (Lipinski definition) is 2. The monoisotopic (exact) mass is 250 g/mol. The van der Waals surface area contributed by atoms with E-state index in [1.165, 1.54) is 12.1 Å². The Morgan fingerprint density at radius 3 is 2.62 bits per heavy atom. The van der Waals surface area contributed by atoms with Crippen LogP contribution in [0.15, 0.2) is 23.1 Å². The predicted molar refractivity (Wildman–Crippen MR) is 56.8 cm³/mol. The van der Waals surface area contributed by atoms with Gasteiger partial charge < -0.3 is 5.73 Å². The summed E-state index contributed by atoms with van der Waals surface area (Å²) in [6, 6.07) is 4.30. The molecule has 7 heteroatoms. The summed E-state index contributed by atoms with van der Waals surface area (Å²) in [6.07, 6.45) is -2.73. The van der Waals surface area contributed by atoms with Gasteiger partial charge in [0.05, 0.1) is 11.4 Å². The van der Waals surface area contributed by atoms with E-state index in [9.17, 15) is 17.2 Å². The highest BCUT2D eigenvalue weighted by molar-refractivity contribution is 7.89. The van der Waals surface area contributed by atoms with E-state index in [1.54, 1.807) is 13.0 Å². The minimum atomic E-state index is -3.92. The first-order chi connectivity index (χ1) is 7.33. The van der Waals surface area contributed by atoms with Gasteiger partial charge in [0.15, 0.2) is 0 Å². The third kappa shape index (κ3) is 3.14. The molecule has 1 aromatic rings. The van der Waals surface area contributed by atoms with Crippen molar-refractivity contribution in [2.75, 3.05) is 12.3 Å². The van der Waals surface area contributed by atoms with Gasteiger partial charge in [0.2, 0.25) is 10.0 Å². The number of halogens is 2. The first-order valence-corrected chi connectivity index (χ1v) is 5.95. The van der Waals surface area contributed by atoms with Crippen molar-refractivity contribution >= 4 is 15.7 Å². The van der Waals surface area contributed by atoms with Gasteiger partial charge in [-0.25, -0.2) is 21.9 Å². The molecule has 0 amide bonds. The van der Waals surface area contributed by atoms with Gasteiger partial charge in [0.25, 0.3) is 6.43 Å². The maximum Gasteiger partial charge on any atom is 0.251 e. The molecule has 3 N–H and O–H groups in total. The summed E-state index contributed by atoms with van der Waals surface area (Å²) in [5.74, 6) is 0. The fraction of sp³-hybridized carbons (Fsp3) is 0.333. The second kappa shape index (κ2) is 4.75. The molecule has 0 bridgehead atoms. The van der Waals surface area contributed by atoms with Crippen LogP contribution in [0.4, 0.5) is 14.5 Å². The maximum absolute atomic E-state index is 11.9. The van der Waals surface area contributed by atoms with Gasteiger partial charge >= 0.3 is 0 Å². The lowest BCUT2D eigenvalue weighted by Gasteiger charge is -2.09. The van der Waals surface area contributed by atoms with Gasteiger partial charge in [0, 0.05) is 5.69 Å². The van der Waals surface area contributed by atoms with Crippen molar-refractivity contribution in [1.29, 1.82) is 0 Å². The number of nitrogens with one attached hydrogen (secondary N) is 1. The molecule has 1 aromatic carbocycles. The van der Waals surface area contributed by atoms with Crippen molar-refractivity contribution in [2.45, 2.75) is 18.2 Å². The number of alkyl halides is 2. The Morgan fingerprint density at radius 2 is 2.06 bits per heavy atom. The van der Waals surface area contributed by atoms with Crippen molar-refractivity contribution in [3.8, 4) is 0 Å². The Hall–Kier alpha value is -1.21. The molecule has 0 aromatic heterocycles. The van der Waals surface area contributed by atoms with Crippen LogP contribution in [0.1, 0.15) is 5.56 Å². The number of nitrogens with two attached hydrogens (primary N) is 1. The third-order valence-corrected chi connectivity index (χ3v) is 3.49. The molecule has 0 radical (unpaired) electrons. The van der Waals surface area contributed by atoms with Crippen molar-refractivity contribution in [2.24, 2.45) is 0 Å². The van der Waals surface area contributed by atoms with Crippen LogP contribution in [-0.2, 0) is 10.0 Å². The summed E-state index contributed by atoms with van der Waals surface area (Å²) in [4.78, 5) is -0.0758. The molecular formula is C9H12F2N2O2S. The molecule has 0 atom stereocenters. The number of anilines is 1. The maximum atomic E-state index is 11.9. The molecule has 90 valence electrons. The zero-order chi connectivity index (χ0) is 12.3. The summed E-state index contributed by atoms with van der Waals surface area (Å²) in [5, 5.41) is 0. The van der Waals surface area contributed by atoms with E-state index in [4.69, 9.17) is 5.73 Å². The molecule has 1 rings (SSSR count). The minimum Gasteiger partial charge on any atom is -0.399 e. The number of hydrogen-bond acceptors (Lipinski definition) is 3. The number of aryl methyl sites for hydroxylation is 1. The van der Waals surface area contributed by atoms with E-state index in [2.05, 4.69) is 0 Å². The van der Waals surface area contributed by atoms with Crippen LogP contribution in [0.2, 0.25) is 0 Å². The molecule has 0 fully saturated rings. The molecule has 0 aliphatic heterocycles. The van der Waals surface area contributed by atoms with Crippen LogP contribution < -0.4 is 10.5 Å². The largest absolute Gasteiger partial charge is 0.399 e. The van der Waals surface area contributed by atoms with Crippen molar-refractivity contribution in [3.63, 3.8) is 0 Å². The fourth-order valence-electron chi connectivity index (χ4n) is 1.16. The highest BCUT2D eigenvalue weighted by atomic mass is 32.2. The molecule has 0 spiro atoms. The van der Waals surface area contributed by atoms with E-state index in [1.807, 2.05) is 4.72 Å². The van der Waals surface area contributed by atoms with Crippen LogP contribution >= 0.6 is 0 Å². The number of nitrogen functional groups attached to an aromatic ring is 1. The minimum absolute atomic E-state index is 0.0758. The molecule has 0 unspecified atom stereocenters. The van der Waals surface area contributed by atoms with Gasteiger partial charge in [0.1, 0.15) is 0 Å². The Kier molecular flexibility index (Phi) is 3.82. The lowest BCUT2D eigenvalue weighted by molar-refractivity contribution is 0.153. The molecule has 0 saturated heterocycles. The van der Waals surface area contributed by atoms with Gasteiger partial charge in [-0.2, -0.15) is 0 Å². The molecule has 4 nitrogen and oxygen atoms in total. The average Bonchev–Trinajstić information content (AvgIpc) is 2.19. The topological polar surface area (TPSA) is 72.2 Å². The van der Waals surface area contributed by atoms with Crippen LogP contribution in [0.5, 0.6) is 0 Å². The summed E-state index contributed by atoms with van der Waals surface area (Å²) in [5.41, 5.74) is 6.16. The van der Waals surface area contributed by atoms with Crippen molar-refractivity contribution < 1.29 is 17.2 Å². The second-order valence-electron chi connectivity index (χ2n) is 3.27.